The van der Waals surface area contributed by atoms with Crippen molar-refractivity contribution in [1.82, 2.24) is 4.90 Å². The van der Waals surface area contributed by atoms with Crippen molar-refractivity contribution in [2.75, 3.05) is 38.2 Å². The molecule has 2 rings (SSSR count). The number of alkyl halides is 1. The summed E-state index contributed by atoms with van der Waals surface area (Å²) in [7, 11) is 0. The summed E-state index contributed by atoms with van der Waals surface area (Å²) in [4.78, 5) is 2.57. The highest BCUT2D eigenvalue weighted by Gasteiger charge is 2.26. The van der Waals surface area contributed by atoms with Crippen LogP contribution in [-0.4, -0.2) is 55.3 Å². The van der Waals surface area contributed by atoms with Crippen molar-refractivity contribution >= 4 is 15.9 Å². The summed E-state index contributed by atoms with van der Waals surface area (Å²) in [6, 6.07) is 0. The maximum atomic E-state index is 5.84. The smallest absolute Gasteiger partial charge is 0.0802 e. The molecule has 0 aliphatic carbocycles. The molecule has 3 nitrogen and oxygen atoms in total. The maximum Gasteiger partial charge on any atom is 0.0802 e. The van der Waals surface area contributed by atoms with Gasteiger partial charge in [-0.15, -0.1) is 0 Å². The van der Waals surface area contributed by atoms with Gasteiger partial charge in [-0.25, -0.2) is 0 Å². The third-order valence-corrected chi connectivity index (χ3v) is 4.15. The van der Waals surface area contributed by atoms with Crippen LogP contribution in [0.4, 0.5) is 0 Å². The molecule has 16 heavy (non-hydrogen) atoms. The predicted octanol–water partition coefficient (Wildman–Crippen LogP) is 1.90. The average molecular weight is 292 g/mol. The van der Waals surface area contributed by atoms with E-state index in [9.17, 15) is 0 Å². The summed E-state index contributed by atoms with van der Waals surface area (Å²) < 4.78 is 11.2. The van der Waals surface area contributed by atoms with Crippen molar-refractivity contribution < 1.29 is 9.47 Å². The van der Waals surface area contributed by atoms with Gasteiger partial charge in [-0.1, -0.05) is 15.9 Å². The van der Waals surface area contributed by atoms with Gasteiger partial charge in [0.25, 0.3) is 0 Å². The number of rotatable bonds is 3. The maximum absolute atomic E-state index is 5.84. The van der Waals surface area contributed by atoms with Crippen LogP contribution in [0, 0.1) is 5.92 Å². The van der Waals surface area contributed by atoms with Crippen LogP contribution < -0.4 is 0 Å². The van der Waals surface area contributed by atoms with Crippen LogP contribution in [-0.2, 0) is 9.47 Å². The lowest BCUT2D eigenvalue weighted by Gasteiger charge is -2.38. The fourth-order valence-electron chi connectivity index (χ4n) is 2.67. The number of morpholine rings is 1. The van der Waals surface area contributed by atoms with E-state index in [4.69, 9.17) is 9.47 Å². The third kappa shape index (κ3) is 3.69. The fraction of sp³-hybridized carbons (Fsp3) is 1.00. The number of hydrogen-bond acceptors (Lipinski definition) is 3. The Morgan fingerprint density at radius 1 is 1.25 bits per heavy atom. The van der Waals surface area contributed by atoms with E-state index in [1.165, 1.54) is 19.4 Å². The highest BCUT2D eigenvalue weighted by Crippen LogP contribution is 2.19. The van der Waals surface area contributed by atoms with Crippen molar-refractivity contribution in [3.05, 3.63) is 0 Å². The minimum absolute atomic E-state index is 0.364. The van der Waals surface area contributed by atoms with Crippen LogP contribution in [0.15, 0.2) is 0 Å². The molecule has 0 bridgehead atoms. The second-order valence-electron chi connectivity index (χ2n) is 5.00. The highest BCUT2D eigenvalue weighted by atomic mass is 79.9. The van der Waals surface area contributed by atoms with Crippen LogP contribution in [0.1, 0.15) is 19.8 Å². The molecular weight excluding hydrogens is 270 g/mol. The molecule has 2 aliphatic heterocycles. The van der Waals surface area contributed by atoms with E-state index in [2.05, 4.69) is 27.8 Å². The second-order valence-corrected chi connectivity index (χ2v) is 5.64. The van der Waals surface area contributed by atoms with Gasteiger partial charge in [-0.3, -0.25) is 4.90 Å². The highest BCUT2D eigenvalue weighted by molar-refractivity contribution is 9.09. The first-order valence-corrected chi connectivity index (χ1v) is 7.41. The molecule has 4 heteroatoms. The zero-order valence-corrected chi connectivity index (χ0v) is 11.6. The average Bonchev–Trinajstić information content (AvgIpc) is 2.29. The Bertz CT molecular complexity index is 209. The van der Waals surface area contributed by atoms with Gasteiger partial charge in [0, 0.05) is 38.2 Å². The standard InChI is InChI=1S/C12H22BrNO2/c1-10-7-14(9-12(6-13)16-10)8-11-2-4-15-5-3-11/h10-12H,2-9H2,1H3. The summed E-state index contributed by atoms with van der Waals surface area (Å²) in [5, 5.41) is 0.946. The summed E-state index contributed by atoms with van der Waals surface area (Å²) >= 11 is 3.52. The van der Waals surface area contributed by atoms with E-state index in [0.29, 0.717) is 12.2 Å². The van der Waals surface area contributed by atoms with Gasteiger partial charge in [0.15, 0.2) is 0 Å². The minimum Gasteiger partial charge on any atom is -0.381 e. The van der Waals surface area contributed by atoms with Crippen LogP contribution in [0.2, 0.25) is 0 Å². The molecule has 0 radical (unpaired) electrons. The van der Waals surface area contributed by atoms with Gasteiger partial charge in [-0.2, -0.15) is 0 Å². The topological polar surface area (TPSA) is 21.7 Å². The van der Waals surface area contributed by atoms with Crippen LogP contribution in [0.3, 0.4) is 0 Å². The molecule has 0 N–H and O–H groups in total. The molecule has 2 saturated heterocycles. The molecule has 0 saturated carbocycles. The Balaban J connectivity index is 1.78. The lowest BCUT2D eigenvalue weighted by molar-refractivity contribution is -0.0727. The first-order valence-electron chi connectivity index (χ1n) is 6.29. The predicted molar refractivity (Wildman–Crippen MR) is 68.1 cm³/mol. The quantitative estimate of drug-likeness (QED) is 0.742. The van der Waals surface area contributed by atoms with Gasteiger partial charge in [-0.05, 0) is 25.7 Å². The monoisotopic (exact) mass is 291 g/mol. The van der Waals surface area contributed by atoms with Crippen molar-refractivity contribution in [2.45, 2.75) is 32.0 Å². The first-order chi connectivity index (χ1) is 7.78. The van der Waals surface area contributed by atoms with Crippen molar-refractivity contribution in [3.8, 4) is 0 Å². The Morgan fingerprint density at radius 3 is 2.69 bits per heavy atom. The second kappa shape index (κ2) is 6.34. The first kappa shape index (κ1) is 12.8. The van der Waals surface area contributed by atoms with E-state index in [0.717, 1.165) is 37.6 Å². The fourth-order valence-corrected chi connectivity index (χ4v) is 3.03. The van der Waals surface area contributed by atoms with E-state index in [-0.39, 0.29) is 0 Å². The van der Waals surface area contributed by atoms with Gasteiger partial charge in [0.2, 0.25) is 0 Å². The number of halogens is 1. The van der Waals surface area contributed by atoms with Crippen molar-refractivity contribution in [1.29, 1.82) is 0 Å². The molecule has 0 aromatic heterocycles. The normalized spacial score (nSPS) is 34.1. The van der Waals surface area contributed by atoms with E-state index < -0.39 is 0 Å². The van der Waals surface area contributed by atoms with E-state index in [1.54, 1.807) is 0 Å². The molecule has 2 heterocycles. The Hall–Kier alpha value is 0.360. The van der Waals surface area contributed by atoms with Gasteiger partial charge < -0.3 is 9.47 Å². The molecule has 0 aromatic carbocycles. The number of ether oxygens (including phenoxy) is 2. The molecule has 2 aliphatic rings. The number of hydrogen-bond donors (Lipinski definition) is 0. The molecule has 2 fully saturated rings. The van der Waals surface area contributed by atoms with Gasteiger partial charge in [0.05, 0.1) is 12.2 Å². The molecule has 2 atom stereocenters. The Labute approximate surface area is 107 Å². The largest absolute Gasteiger partial charge is 0.381 e. The van der Waals surface area contributed by atoms with Crippen LogP contribution >= 0.6 is 15.9 Å². The van der Waals surface area contributed by atoms with Gasteiger partial charge >= 0.3 is 0 Å². The summed E-state index contributed by atoms with van der Waals surface area (Å²) in [5.74, 6) is 0.829. The molecular formula is C12H22BrNO2. The van der Waals surface area contributed by atoms with Crippen LogP contribution in [0.25, 0.3) is 0 Å². The Morgan fingerprint density at radius 2 is 2.00 bits per heavy atom. The van der Waals surface area contributed by atoms with E-state index >= 15 is 0 Å². The van der Waals surface area contributed by atoms with Crippen LogP contribution in [0.5, 0.6) is 0 Å². The number of nitrogens with zero attached hydrogens (tertiary/aromatic N) is 1. The lowest BCUT2D eigenvalue weighted by Crippen LogP contribution is -2.49. The molecule has 94 valence electrons. The zero-order chi connectivity index (χ0) is 11.4. The molecule has 0 amide bonds. The summed E-state index contributed by atoms with van der Waals surface area (Å²) in [6.45, 7) is 7.46. The minimum atomic E-state index is 0.364. The lowest BCUT2D eigenvalue weighted by atomic mass is 9.99. The molecule has 0 aromatic rings. The van der Waals surface area contributed by atoms with E-state index in [1.807, 2.05) is 0 Å². The Kier molecular flexibility index (Phi) is 5.07. The third-order valence-electron chi connectivity index (χ3n) is 3.43. The summed E-state index contributed by atoms with van der Waals surface area (Å²) in [6.07, 6.45) is 3.19. The molecule has 0 spiro atoms. The zero-order valence-electron chi connectivity index (χ0n) is 10.0. The molecule has 2 unspecified atom stereocenters. The summed E-state index contributed by atoms with van der Waals surface area (Å²) in [5.41, 5.74) is 0. The SMILES string of the molecule is CC1CN(CC2CCOCC2)CC(CBr)O1. The van der Waals surface area contributed by atoms with Crippen molar-refractivity contribution in [3.63, 3.8) is 0 Å². The van der Waals surface area contributed by atoms with Gasteiger partial charge in [0.1, 0.15) is 0 Å². The van der Waals surface area contributed by atoms with Crippen molar-refractivity contribution in [2.24, 2.45) is 5.92 Å².